The molecule has 6 heteroatoms. The lowest BCUT2D eigenvalue weighted by Gasteiger charge is -1.96. The summed E-state index contributed by atoms with van der Waals surface area (Å²) in [6.07, 6.45) is 0. The van der Waals surface area contributed by atoms with Gasteiger partial charge in [-0.15, -0.1) is 0 Å². The van der Waals surface area contributed by atoms with Crippen molar-refractivity contribution < 1.29 is 18.6 Å². The Morgan fingerprint density at radius 2 is 1.77 bits per heavy atom. The maximum absolute atomic E-state index is 8.89. The van der Waals surface area contributed by atoms with Gasteiger partial charge < -0.3 is 15.9 Å². The summed E-state index contributed by atoms with van der Waals surface area (Å²) in [6.45, 7) is 0. The van der Waals surface area contributed by atoms with Gasteiger partial charge in [0.15, 0.2) is 0 Å². The molecule has 1 aromatic carbocycles. The number of aromatic hydroxyl groups is 2. The molecule has 0 aliphatic rings. The van der Waals surface area contributed by atoms with Crippen LogP contribution in [0.25, 0.3) is 0 Å². The average molecular weight is 203 g/mol. The molecule has 0 aliphatic heterocycles. The van der Waals surface area contributed by atoms with Crippen LogP contribution in [0.15, 0.2) is 18.2 Å². The van der Waals surface area contributed by atoms with E-state index in [1.54, 1.807) is 0 Å². The van der Waals surface area contributed by atoms with Crippen LogP contribution in [0, 0.1) is 0 Å². The minimum absolute atomic E-state index is 0.00667. The summed E-state index contributed by atoms with van der Waals surface area (Å²) in [5, 5.41) is 17.6. The summed E-state index contributed by atoms with van der Waals surface area (Å²) in [5.74, 6) is 2.61. The molecule has 0 aliphatic carbocycles. The third-order valence-corrected chi connectivity index (χ3v) is 1.01. The van der Waals surface area contributed by atoms with E-state index < -0.39 is 10.3 Å². The quantitative estimate of drug-likeness (QED) is 0.238. The molecule has 4 N–H and O–H groups in total. The van der Waals surface area contributed by atoms with E-state index in [0.29, 0.717) is 0 Å². The molecule has 1 rings (SSSR count). The highest BCUT2D eigenvalue weighted by Crippen LogP contribution is 2.23. The predicted octanol–water partition coefficient (Wildman–Crippen LogP) is -0.0225. The number of hydrogen-bond donors (Lipinski definition) is 3. The Balaban J connectivity index is 0.000000310. The number of nitrogen functional groups attached to an aromatic ring is 1. The van der Waals surface area contributed by atoms with Crippen molar-refractivity contribution in [2.75, 3.05) is 5.73 Å². The van der Waals surface area contributed by atoms with Gasteiger partial charge in [-0.25, -0.2) is 0 Å². The molecule has 0 saturated carbocycles. The van der Waals surface area contributed by atoms with Gasteiger partial charge in [0, 0.05) is 11.9 Å². The molecular weight excluding hydrogens is 194 g/mol. The van der Waals surface area contributed by atoms with Gasteiger partial charge in [-0.05, 0) is 12.1 Å². The van der Waals surface area contributed by atoms with Crippen LogP contribution < -0.4 is 5.73 Å². The first-order valence-electron chi connectivity index (χ1n) is 3.10. The molecule has 1 aromatic rings. The summed E-state index contributed by atoms with van der Waals surface area (Å²) < 4.78 is 17.8. The van der Waals surface area contributed by atoms with Crippen LogP contribution in [0.1, 0.15) is 0 Å². The van der Waals surface area contributed by atoms with E-state index in [9.17, 15) is 0 Å². The number of anilines is 1. The zero-order valence-corrected chi connectivity index (χ0v) is 7.45. The summed E-state index contributed by atoms with van der Waals surface area (Å²) in [4.78, 5) is 0. The molecule has 0 amide bonds. The predicted molar refractivity (Wildman–Crippen MR) is 50.2 cm³/mol. The number of nitrogens with two attached hydrogens (primary N) is 1. The molecule has 72 valence electrons. The number of phenolic OH excluding ortho intramolecular Hbond substituents is 2. The Bertz CT molecular complexity index is 377. The fourth-order valence-corrected chi connectivity index (χ4v) is 0.542. The Labute approximate surface area is 76.6 Å². The lowest BCUT2D eigenvalue weighted by Crippen LogP contribution is -1.83. The molecule has 0 heterocycles. The second kappa shape index (κ2) is 5.04. The Hall–Kier alpha value is -1.69. The van der Waals surface area contributed by atoms with Gasteiger partial charge in [0.1, 0.15) is 11.5 Å². The zero-order chi connectivity index (χ0) is 10.4. The van der Waals surface area contributed by atoms with Crippen LogP contribution in [0.5, 0.6) is 11.5 Å². The van der Waals surface area contributed by atoms with Gasteiger partial charge in [0.05, 0.1) is 5.69 Å². The smallest absolute Gasteiger partial charge is 0.206 e. The van der Waals surface area contributed by atoms with Crippen LogP contribution in [-0.2, 0) is 10.3 Å². The van der Waals surface area contributed by atoms with Gasteiger partial charge >= 0.3 is 0 Å². The van der Waals surface area contributed by atoms with Gasteiger partial charge in [-0.1, -0.05) is 0 Å². The topological polar surface area (TPSA) is 101 Å². The van der Waals surface area contributed by atoms with Crippen molar-refractivity contribution in [1.29, 1.82) is 0 Å². The van der Waals surface area contributed by atoms with E-state index >= 15 is 0 Å². The molecule has 0 fully saturated rings. The maximum Gasteiger partial charge on any atom is 0.206 e. The number of benzene rings is 1. The molecule has 0 atom stereocenters. The lowest BCUT2D eigenvalue weighted by molar-refractivity contribution is 0.462. The van der Waals surface area contributed by atoms with Crippen molar-refractivity contribution in [3.63, 3.8) is 0 Å². The molecule has 0 unspecified atom stereocenters. The number of phenols is 2. The van der Waals surface area contributed by atoms with Gasteiger partial charge in [-0.3, -0.25) is 0 Å². The highest BCUT2D eigenvalue weighted by Gasteiger charge is 1.94. The van der Waals surface area contributed by atoms with Crippen LogP contribution in [-0.4, -0.2) is 24.5 Å². The second-order valence-corrected chi connectivity index (χ2v) is 2.65. The Morgan fingerprint density at radius 3 is 2.08 bits per heavy atom. The summed E-state index contributed by atoms with van der Waals surface area (Å²) in [7, 11) is -2.11. The fraction of sp³-hybridized carbons (Fsp3) is 0. The summed E-state index contributed by atoms with van der Waals surface area (Å²) in [6, 6.07) is 3.99. The maximum atomic E-state index is 8.89. The third-order valence-electron chi connectivity index (χ3n) is 1.01. The van der Waals surface area contributed by atoms with Crippen molar-refractivity contribution in [2.24, 2.45) is 0 Å². The van der Waals surface area contributed by atoms with Crippen LogP contribution >= 0.6 is 0 Å². The first-order valence-corrected chi connectivity index (χ1v) is 4.34. The summed E-state index contributed by atoms with van der Waals surface area (Å²) >= 11 is 0. The van der Waals surface area contributed by atoms with E-state index in [1.165, 1.54) is 18.2 Å². The molecule has 0 spiro atoms. The van der Waals surface area contributed by atoms with Crippen molar-refractivity contribution >= 4 is 21.9 Å². The minimum Gasteiger partial charge on any atom is -0.508 e. The molecule has 13 heavy (non-hydrogen) atoms. The molecule has 0 bridgehead atoms. The molecule has 0 radical (unpaired) electrons. The molecule has 5 nitrogen and oxygen atoms in total. The zero-order valence-electron chi connectivity index (χ0n) is 6.64. The van der Waals surface area contributed by atoms with Gasteiger partial charge in [-0.2, -0.15) is 8.42 Å². The van der Waals surface area contributed by atoms with E-state index in [2.05, 4.69) is 5.87 Å². The SMILES string of the molecule is C=S(=O)=O.Nc1cc(O)ccc1O. The van der Waals surface area contributed by atoms with E-state index in [4.69, 9.17) is 24.4 Å². The van der Waals surface area contributed by atoms with Crippen molar-refractivity contribution in [3.05, 3.63) is 18.2 Å². The molecular formula is C7H9NO4S. The van der Waals surface area contributed by atoms with Crippen molar-refractivity contribution in [1.82, 2.24) is 0 Å². The largest absolute Gasteiger partial charge is 0.508 e. The van der Waals surface area contributed by atoms with E-state index in [-0.39, 0.29) is 17.2 Å². The van der Waals surface area contributed by atoms with Crippen LogP contribution in [0.3, 0.4) is 0 Å². The van der Waals surface area contributed by atoms with Crippen LogP contribution in [0.2, 0.25) is 0 Å². The number of hydrogen-bond acceptors (Lipinski definition) is 5. The Kier molecular flexibility index (Phi) is 4.39. The van der Waals surface area contributed by atoms with Crippen LogP contribution in [0.4, 0.5) is 5.69 Å². The highest BCUT2D eigenvalue weighted by molar-refractivity contribution is 7.70. The lowest BCUT2D eigenvalue weighted by atomic mass is 10.3. The van der Waals surface area contributed by atoms with Crippen molar-refractivity contribution in [2.45, 2.75) is 0 Å². The fourth-order valence-electron chi connectivity index (χ4n) is 0.542. The van der Waals surface area contributed by atoms with Gasteiger partial charge in [0.25, 0.3) is 0 Å². The first kappa shape index (κ1) is 11.3. The van der Waals surface area contributed by atoms with Crippen molar-refractivity contribution in [3.8, 4) is 11.5 Å². The average Bonchev–Trinajstić information content (AvgIpc) is 1.96. The second-order valence-electron chi connectivity index (χ2n) is 2.05. The highest BCUT2D eigenvalue weighted by atomic mass is 32.2. The van der Waals surface area contributed by atoms with E-state index in [1.807, 2.05) is 0 Å². The molecule has 0 saturated heterocycles. The Morgan fingerprint density at radius 1 is 1.31 bits per heavy atom. The normalized spacial score (nSPS) is 8.31. The molecule has 0 aromatic heterocycles. The minimum atomic E-state index is -2.11. The monoisotopic (exact) mass is 203 g/mol. The van der Waals surface area contributed by atoms with E-state index in [0.717, 1.165) is 0 Å². The standard InChI is InChI=1S/C6H7NO2.CH2O2S/c7-5-3-4(8)1-2-6(5)9;1-4(2)3/h1-3,8-9H,7H2;1H2. The number of rotatable bonds is 0. The first-order chi connectivity index (χ1) is 5.93. The third kappa shape index (κ3) is 5.57. The summed E-state index contributed by atoms with van der Waals surface area (Å²) in [5.41, 5.74) is 5.40. The van der Waals surface area contributed by atoms with Gasteiger partial charge in [0.2, 0.25) is 10.3 Å².